The Morgan fingerprint density at radius 1 is 1.46 bits per heavy atom. The molecule has 70 valence electrons. The van der Waals surface area contributed by atoms with E-state index in [2.05, 4.69) is 6.92 Å². The van der Waals surface area contributed by atoms with Crippen molar-refractivity contribution in [2.24, 2.45) is 5.84 Å². The summed E-state index contributed by atoms with van der Waals surface area (Å²) in [6.45, 7) is 3.78. The van der Waals surface area contributed by atoms with Gasteiger partial charge in [-0.05, 0) is 12.1 Å². The smallest absolute Gasteiger partial charge is 0.0768 e. The second-order valence-electron chi connectivity index (χ2n) is 3.17. The Bertz CT molecular complexity index is 323. The summed E-state index contributed by atoms with van der Waals surface area (Å²) in [5.41, 5.74) is 8.81. The molecule has 0 spiro atoms. The van der Waals surface area contributed by atoms with Gasteiger partial charge in [0.15, 0.2) is 0 Å². The highest BCUT2D eigenvalue weighted by Gasteiger charge is 2.24. The van der Waals surface area contributed by atoms with Crippen molar-refractivity contribution in [3.63, 3.8) is 0 Å². The van der Waals surface area contributed by atoms with E-state index in [1.165, 1.54) is 0 Å². The number of nitrogens with zero attached hydrogens (tertiary/aromatic N) is 2. The summed E-state index contributed by atoms with van der Waals surface area (Å²) in [6.07, 6.45) is 0. The molecule has 1 aliphatic rings. The molecule has 4 N–H and O–H groups in total. The highest BCUT2D eigenvalue weighted by Crippen LogP contribution is 2.32. The highest BCUT2D eigenvalue weighted by atomic mass is 15.8. The summed E-state index contributed by atoms with van der Waals surface area (Å²) < 4.78 is 0. The van der Waals surface area contributed by atoms with E-state index < -0.39 is 0 Å². The van der Waals surface area contributed by atoms with Crippen molar-refractivity contribution < 1.29 is 0 Å². The van der Waals surface area contributed by atoms with E-state index >= 15 is 0 Å². The molecule has 1 heterocycles. The number of fused-ring (bicyclic) bond motifs is 1. The average Bonchev–Trinajstić information content (AvgIpc) is 2.45. The van der Waals surface area contributed by atoms with Crippen LogP contribution in [-0.4, -0.2) is 11.6 Å². The van der Waals surface area contributed by atoms with Crippen LogP contribution in [0.1, 0.15) is 12.5 Å². The number of benzene rings is 1. The monoisotopic (exact) mass is 178 g/mol. The molecule has 4 nitrogen and oxygen atoms in total. The zero-order chi connectivity index (χ0) is 9.42. The van der Waals surface area contributed by atoms with E-state index in [0.717, 1.165) is 30.0 Å². The zero-order valence-corrected chi connectivity index (χ0v) is 7.70. The van der Waals surface area contributed by atoms with Gasteiger partial charge in [-0.15, -0.1) is 0 Å². The van der Waals surface area contributed by atoms with Gasteiger partial charge < -0.3 is 5.73 Å². The van der Waals surface area contributed by atoms with Gasteiger partial charge in [0.1, 0.15) is 0 Å². The maximum absolute atomic E-state index is 5.87. The first kappa shape index (κ1) is 8.34. The van der Waals surface area contributed by atoms with E-state index in [0.29, 0.717) is 0 Å². The van der Waals surface area contributed by atoms with E-state index in [4.69, 9.17) is 11.6 Å². The second-order valence-corrected chi connectivity index (χ2v) is 3.17. The third-order valence-electron chi connectivity index (χ3n) is 2.44. The first-order valence-corrected chi connectivity index (χ1v) is 4.41. The van der Waals surface area contributed by atoms with Crippen molar-refractivity contribution in [3.05, 3.63) is 23.8 Å². The quantitative estimate of drug-likeness (QED) is 0.491. The average molecular weight is 178 g/mol. The van der Waals surface area contributed by atoms with Gasteiger partial charge >= 0.3 is 0 Å². The largest absolute Gasteiger partial charge is 0.398 e. The molecule has 2 rings (SSSR count). The van der Waals surface area contributed by atoms with Gasteiger partial charge in [0.25, 0.3) is 0 Å². The minimum atomic E-state index is 0.814. The lowest BCUT2D eigenvalue weighted by Crippen LogP contribution is -2.42. The second kappa shape index (κ2) is 2.90. The molecule has 1 aliphatic heterocycles. The molecule has 0 amide bonds. The maximum Gasteiger partial charge on any atom is 0.0768 e. The number of nitrogens with two attached hydrogens (primary N) is 2. The predicted molar refractivity (Wildman–Crippen MR) is 53.6 cm³/mol. The summed E-state index contributed by atoms with van der Waals surface area (Å²) in [7, 11) is 0. The van der Waals surface area contributed by atoms with Crippen molar-refractivity contribution in [2.45, 2.75) is 13.5 Å². The summed E-state index contributed by atoms with van der Waals surface area (Å²) >= 11 is 0. The Morgan fingerprint density at radius 2 is 2.23 bits per heavy atom. The molecule has 0 saturated heterocycles. The SMILES string of the molecule is CCN1Cc2c(N)cccc2N1N. The minimum absolute atomic E-state index is 0.814. The van der Waals surface area contributed by atoms with Crippen LogP contribution in [0.5, 0.6) is 0 Å². The van der Waals surface area contributed by atoms with Crippen LogP contribution < -0.4 is 16.7 Å². The Kier molecular flexibility index (Phi) is 1.86. The molecular formula is C9H14N4. The van der Waals surface area contributed by atoms with E-state index in [9.17, 15) is 0 Å². The van der Waals surface area contributed by atoms with Crippen molar-refractivity contribution in [1.29, 1.82) is 0 Å². The summed E-state index contributed by atoms with van der Waals surface area (Å²) in [4.78, 5) is 0. The summed E-state index contributed by atoms with van der Waals surface area (Å²) in [5.74, 6) is 5.87. The summed E-state index contributed by atoms with van der Waals surface area (Å²) in [5, 5.41) is 3.72. The van der Waals surface area contributed by atoms with Gasteiger partial charge in [-0.2, -0.15) is 0 Å². The van der Waals surface area contributed by atoms with Gasteiger partial charge in [-0.3, -0.25) is 0 Å². The maximum atomic E-state index is 5.87. The van der Waals surface area contributed by atoms with E-state index in [-0.39, 0.29) is 0 Å². The first-order chi connectivity index (χ1) is 6.24. The number of hydrogen-bond acceptors (Lipinski definition) is 4. The third-order valence-corrected chi connectivity index (χ3v) is 2.44. The fourth-order valence-corrected chi connectivity index (χ4v) is 1.65. The molecule has 0 unspecified atom stereocenters. The van der Waals surface area contributed by atoms with Crippen LogP contribution in [0.25, 0.3) is 0 Å². The number of hydrazine groups is 2. The lowest BCUT2D eigenvalue weighted by molar-refractivity contribution is 0.280. The van der Waals surface area contributed by atoms with Crippen LogP contribution in [0.15, 0.2) is 18.2 Å². The van der Waals surface area contributed by atoms with Crippen LogP contribution in [-0.2, 0) is 6.54 Å². The number of anilines is 2. The molecule has 0 aliphatic carbocycles. The number of nitrogen functional groups attached to an aromatic ring is 1. The standard InChI is InChI=1S/C9H14N4/c1-2-12-6-7-8(10)4-3-5-9(7)13(12)11/h3-5H,2,6,10-11H2,1H3. The van der Waals surface area contributed by atoms with Gasteiger partial charge in [-0.1, -0.05) is 13.0 Å². The molecule has 0 aromatic heterocycles. The van der Waals surface area contributed by atoms with Crippen LogP contribution in [0.4, 0.5) is 11.4 Å². The normalized spacial score (nSPS) is 16.3. The molecular weight excluding hydrogens is 164 g/mol. The van der Waals surface area contributed by atoms with Gasteiger partial charge in [-0.25, -0.2) is 16.0 Å². The van der Waals surface area contributed by atoms with Crippen molar-refractivity contribution in [2.75, 3.05) is 17.4 Å². The van der Waals surface area contributed by atoms with Crippen molar-refractivity contribution in [3.8, 4) is 0 Å². The molecule has 13 heavy (non-hydrogen) atoms. The fraction of sp³-hybridized carbons (Fsp3) is 0.333. The lowest BCUT2D eigenvalue weighted by atomic mass is 10.1. The molecule has 0 bridgehead atoms. The van der Waals surface area contributed by atoms with E-state index in [1.807, 2.05) is 23.2 Å². The Hall–Kier alpha value is -1.26. The van der Waals surface area contributed by atoms with Crippen LogP contribution >= 0.6 is 0 Å². The van der Waals surface area contributed by atoms with Crippen molar-refractivity contribution >= 4 is 11.4 Å². The summed E-state index contributed by atoms with van der Waals surface area (Å²) in [6, 6.07) is 5.82. The molecule has 0 radical (unpaired) electrons. The molecule has 1 aromatic rings. The topological polar surface area (TPSA) is 58.5 Å². The highest BCUT2D eigenvalue weighted by molar-refractivity contribution is 5.66. The Labute approximate surface area is 77.7 Å². The van der Waals surface area contributed by atoms with Gasteiger partial charge in [0.2, 0.25) is 0 Å². The van der Waals surface area contributed by atoms with Gasteiger partial charge in [0, 0.05) is 24.3 Å². The number of rotatable bonds is 1. The third kappa shape index (κ3) is 1.15. The number of hydrogen-bond donors (Lipinski definition) is 2. The Balaban J connectivity index is 2.43. The van der Waals surface area contributed by atoms with Crippen molar-refractivity contribution in [1.82, 2.24) is 5.01 Å². The zero-order valence-electron chi connectivity index (χ0n) is 7.70. The first-order valence-electron chi connectivity index (χ1n) is 4.41. The molecule has 0 saturated carbocycles. The lowest BCUT2D eigenvalue weighted by Gasteiger charge is -2.23. The molecule has 0 fully saturated rings. The van der Waals surface area contributed by atoms with E-state index in [1.54, 1.807) is 5.12 Å². The minimum Gasteiger partial charge on any atom is -0.398 e. The van der Waals surface area contributed by atoms with Crippen LogP contribution in [0.3, 0.4) is 0 Å². The molecule has 4 heteroatoms. The van der Waals surface area contributed by atoms with Gasteiger partial charge in [0.05, 0.1) is 5.69 Å². The molecule has 1 aromatic carbocycles. The molecule has 0 atom stereocenters. The van der Waals surface area contributed by atoms with Crippen LogP contribution in [0, 0.1) is 0 Å². The Morgan fingerprint density at radius 3 is 2.85 bits per heavy atom. The fourth-order valence-electron chi connectivity index (χ4n) is 1.65. The van der Waals surface area contributed by atoms with Crippen LogP contribution in [0.2, 0.25) is 0 Å². The predicted octanol–water partition coefficient (Wildman–Crippen LogP) is 0.699.